The van der Waals surface area contributed by atoms with Crippen molar-refractivity contribution in [3.8, 4) is 0 Å². The highest BCUT2D eigenvalue weighted by molar-refractivity contribution is 5.85. The molecule has 0 amide bonds. The molecule has 78 valence electrons. The smallest absolute Gasteiger partial charge is 0.403 e. The molecule has 1 rings (SSSR count). The number of hydrogen-bond acceptors (Lipinski definition) is 2. The molecule has 1 fully saturated rings. The summed E-state index contributed by atoms with van der Waals surface area (Å²) in [7, 11) is 0. The maximum atomic E-state index is 11.9. The van der Waals surface area contributed by atoms with Crippen molar-refractivity contribution in [3.63, 3.8) is 0 Å². The second-order valence-corrected chi connectivity index (χ2v) is 2.77. The lowest BCUT2D eigenvalue weighted by Gasteiger charge is -2.13. The zero-order valence-electron chi connectivity index (χ0n) is 6.47. The third kappa shape index (κ3) is 3.04. The van der Waals surface area contributed by atoms with Crippen molar-refractivity contribution >= 4 is 18.4 Å². The standard InChI is InChI=1S/C6H8F3NO2.ClH/c7-6(8,9)4-1-3(2-10-4)5(11)12;/h3-4,10H,1-2H2,(H,11,12);1H/t3-,4-;/m1./s1. The first kappa shape index (κ1) is 12.5. The highest BCUT2D eigenvalue weighted by atomic mass is 35.5. The lowest BCUT2D eigenvalue weighted by Crippen LogP contribution is -2.36. The molecule has 0 aliphatic carbocycles. The number of rotatable bonds is 1. The Kier molecular flexibility index (Phi) is 3.99. The zero-order valence-corrected chi connectivity index (χ0v) is 7.28. The van der Waals surface area contributed by atoms with E-state index in [4.69, 9.17) is 5.11 Å². The van der Waals surface area contributed by atoms with Crippen LogP contribution in [-0.2, 0) is 4.79 Å². The van der Waals surface area contributed by atoms with E-state index in [2.05, 4.69) is 5.32 Å². The van der Waals surface area contributed by atoms with Gasteiger partial charge in [0.2, 0.25) is 0 Å². The number of nitrogens with one attached hydrogen (secondary N) is 1. The van der Waals surface area contributed by atoms with Crippen LogP contribution in [0.3, 0.4) is 0 Å². The summed E-state index contributed by atoms with van der Waals surface area (Å²) in [6.45, 7) is -0.0977. The molecule has 2 N–H and O–H groups in total. The molecule has 2 atom stereocenters. The molecule has 0 aromatic rings. The Labute approximate surface area is 78.7 Å². The first-order valence-electron chi connectivity index (χ1n) is 3.44. The molecule has 7 heteroatoms. The first-order valence-corrected chi connectivity index (χ1v) is 3.44. The molecular weight excluding hydrogens is 211 g/mol. The molecule has 1 saturated heterocycles. The molecule has 0 aromatic heterocycles. The van der Waals surface area contributed by atoms with Crippen LogP contribution in [0.5, 0.6) is 0 Å². The van der Waals surface area contributed by atoms with Gasteiger partial charge >= 0.3 is 12.1 Å². The fourth-order valence-corrected chi connectivity index (χ4v) is 1.17. The van der Waals surface area contributed by atoms with Gasteiger partial charge in [-0.1, -0.05) is 0 Å². The summed E-state index contributed by atoms with van der Waals surface area (Å²) < 4.78 is 35.8. The normalized spacial score (nSPS) is 28.2. The second kappa shape index (κ2) is 4.15. The molecule has 13 heavy (non-hydrogen) atoms. The summed E-state index contributed by atoms with van der Waals surface area (Å²) in [6.07, 6.45) is -4.69. The molecule has 0 saturated carbocycles. The minimum absolute atomic E-state index is 0. The van der Waals surface area contributed by atoms with Gasteiger partial charge in [0.25, 0.3) is 0 Å². The minimum atomic E-state index is -4.33. The first-order chi connectivity index (χ1) is 5.41. The van der Waals surface area contributed by atoms with Crippen molar-refractivity contribution in [2.24, 2.45) is 5.92 Å². The molecule has 0 unspecified atom stereocenters. The average Bonchev–Trinajstić information content (AvgIpc) is 2.30. The molecule has 1 aliphatic rings. The summed E-state index contributed by atoms with van der Waals surface area (Å²) in [5.41, 5.74) is 0. The Bertz CT molecular complexity index is 197. The lowest BCUT2D eigenvalue weighted by atomic mass is 10.1. The molecular formula is C6H9ClF3NO2. The Hall–Kier alpha value is -0.490. The van der Waals surface area contributed by atoms with E-state index in [1.165, 1.54) is 0 Å². The Balaban J connectivity index is 0.00000144. The summed E-state index contributed by atoms with van der Waals surface area (Å²) >= 11 is 0. The SMILES string of the molecule is Cl.O=C(O)[C@H]1CN[C@@H](C(F)(F)F)C1. The predicted octanol–water partition coefficient (Wildman–Crippen LogP) is 1.03. The number of alkyl halides is 3. The van der Waals surface area contributed by atoms with Crippen molar-refractivity contribution in [2.45, 2.75) is 18.6 Å². The van der Waals surface area contributed by atoms with E-state index in [-0.39, 0.29) is 25.4 Å². The van der Waals surface area contributed by atoms with Gasteiger partial charge in [0, 0.05) is 6.54 Å². The average molecular weight is 220 g/mol. The number of hydrogen-bond donors (Lipinski definition) is 2. The Morgan fingerprint density at radius 1 is 1.46 bits per heavy atom. The van der Waals surface area contributed by atoms with Crippen molar-refractivity contribution < 1.29 is 23.1 Å². The van der Waals surface area contributed by atoms with Crippen molar-refractivity contribution in [2.75, 3.05) is 6.54 Å². The Morgan fingerprint density at radius 3 is 2.23 bits per heavy atom. The van der Waals surface area contributed by atoms with Crippen molar-refractivity contribution in [3.05, 3.63) is 0 Å². The van der Waals surface area contributed by atoms with Gasteiger partial charge < -0.3 is 10.4 Å². The molecule has 1 aliphatic heterocycles. The summed E-state index contributed by atoms with van der Waals surface area (Å²) in [5.74, 6) is -2.08. The van der Waals surface area contributed by atoms with Crippen LogP contribution >= 0.6 is 12.4 Å². The monoisotopic (exact) mass is 219 g/mol. The van der Waals surface area contributed by atoms with Crippen LogP contribution in [0.2, 0.25) is 0 Å². The predicted molar refractivity (Wildman–Crippen MR) is 40.8 cm³/mol. The van der Waals surface area contributed by atoms with Crippen LogP contribution in [0, 0.1) is 5.92 Å². The van der Waals surface area contributed by atoms with Crippen molar-refractivity contribution in [1.82, 2.24) is 5.32 Å². The summed E-state index contributed by atoms with van der Waals surface area (Å²) in [6, 6.07) is -1.65. The molecule has 1 heterocycles. The van der Waals surface area contributed by atoms with Crippen molar-refractivity contribution in [1.29, 1.82) is 0 Å². The van der Waals surface area contributed by atoms with E-state index in [0.717, 1.165) is 0 Å². The topological polar surface area (TPSA) is 49.3 Å². The van der Waals surface area contributed by atoms with Crippen LogP contribution in [0.25, 0.3) is 0 Å². The van der Waals surface area contributed by atoms with E-state index < -0.39 is 24.1 Å². The van der Waals surface area contributed by atoms with E-state index in [1.54, 1.807) is 0 Å². The van der Waals surface area contributed by atoms with Gasteiger partial charge in [-0.2, -0.15) is 13.2 Å². The van der Waals surface area contributed by atoms with E-state index in [1.807, 2.05) is 0 Å². The largest absolute Gasteiger partial charge is 0.481 e. The number of halogens is 4. The Morgan fingerprint density at radius 2 is 2.00 bits per heavy atom. The quantitative estimate of drug-likeness (QED) is 0.693. The van der Waals surface area contributed by atoms with Crippen LogP contribution in [0.15, 0.2) is 0 Å². The van der Waals surface area contributed by atoms with Gasteiger partial charge in [0.1, 0.15) is 6.04 Å². The molecule has 0 radical (unpaired) electrons. The summed E-state index contributed by atoms with van der Waals surface area (Å²) in [5, 5.41) is 10.5. The highest BCUT2D eigenvalue weighted by Gasteiger charge is 2.45. The van der Waals surface area contributed by atoms with E-state index in [9.17, 15) is 18.0 Å². The highest BCUT2D eigenvalue weighted by Crippen LogP contribution is 2.28. The van der Waals surface area contributed by atoms with Gasteiger partial charge in [-0.05, 0) is 6.42 Å². The van der Waals surface area contributed by atoms with Crippen LogP contribution in [0.4, 0.5) is 13.2 Å². The number of carboxylic acid groups (broad SMARTS) is 1. The molecule has 3 nitrogen and oxygen atoms in total. The van der Waals surface area contributed by atoms with E-state index >= 15 is 0 Å². The van der Waals surface area contributed by atoms with Gasteiger partial charge in [-0.3, -0.25) is 4.79 Å². The maximum absolute atomic E-state index is 11.9. The van der Waals surface area contributed by atoms with E-state index in [0.29, 0.717) is 0 Å². The van der Waals surface area contributed by atoms with Crippen LogP contribution < -0.4 is 5.32 Å². The molecule has 0 aromatic carbocycles. The van der Waals surface area contributed by atoms with Gasteiger partial charge in [0.05, 0.1) is 5.92 Å². The number of carbonyl (C=O) groups is 1. The maximum Gasteiger partial charge on any atom is 0.403 e. The van der Waals surface area contributed by atoms with Gasteiger partial charge in [-0.25, -0.2) is 0 Å². The van der Waals surface area contributed by atoms with Gasteiger partial charge in [0.15, 0.2) is 0 Å². The lowest BCUT2D eigenvalue weighted by molar-refractivity contribution is -0.154. The third-order valence-corrected chi connectivity index (χ3v) is 1.88. The number of carboxylic acids is 1. The molecule has 0 spiro atoms. The second-order valence-electron chi connectivity index (χ2n) is 2.77. The third-order valence-electron chi connectivity index (χ3n) is 1.88. The van der Waals surface area contributed by atoms with Crippen LogP contribution in [-0.4, -0.2) is 29.8 Å². The summed E-state index contributed by atoms with van der Waals surface area (Å²) in [4.78, 5) is 10.3. The molecule has 0 bridgehead atoms. The fourth-order valence-electron chi connectivity index (χ4n) is 1.17. The minimum Gasteiger partial charge on any atom is -0.481 e. The fraction of sp³-hybridized carbons (Fsp3) is 0.833. The van der Waals surface area contributed by atoms with Gasteiger partial charge in [-0.15, -0.1) is 12.4 Å². The van der Waals surface area contributed by atoms with Crippen LogP contribution in [0.1, 0.15) is 6.42 Å². The number of aliphatic carboxylic acids is 1. The zero-order chi connectivity index (χ0) is 9.35.